The first-order valence-corrected chi connectivity index (χ1v) is 16.7. The van der Waals surface area contributed by atoms with Gasteiger partial charge in [0.05, 0.1) is 0 Å². The zero-order chi connectivity index (χ0) is 16.1. The highest BCUT2D eigenvalue weighted by Crippen LogP contribution is 2.40. The summed E-state index contributed by atoms with van der Waals surface area (Å²) >= 11 is 0. The molecule has 1 saturated heterocycles. The molecular formula is C15H37NO2Si3. The molecule has 1 rings (SSSR count). The minimum Gasteiger partial charge on any atom is -0.396 e. The van der Waals surface area contributed by atoms with E-state index in [0.717, 1.165) is 13.2 Å². The molecule has 0 spiro atoms. The van der Waals surface area contributed by atoms with Crippen molar-refractivity contribution in [2.45, 2.75) is 84.0 Å². The van der Waals surface area contributed by atoms with Crippen LogP contribution in [-0.4, -0.2) is 48.9 Å². The van der Waals surface area contributed by atoms with Crippen LogP contribution in [0, 0.1) is 0 Å². The van der Waals surface area contributed by atoms with Gasteiger partial charge in [0.25, 0.3) is 0 Å². The third-order valence-electron chi connectivity index (χ3n) is 4.81. The minimum absolute atomic E-state index is 0.607. The van der Waals surface area contributed by atoms with E-state index in [4.69, 9.17) is 8.85 Å². The van der Waals surface area contributed by atoms with Crippen molar-refractivity contribution < 1.29 is 8.85 Å². The molecule has 1 unspecified atom stereocenters. The lowest BCUT2D eigenvalue weighted by Crippen LogP contribution is -2.64. The molecule has 0 N–H and O–H groups in total. The highest BCUT2D eigenvalue weighted by atomic mass is 28.4. The van der Waals surface area contributed by atoms with E-state index < -0.39 is 25.8 Å². The predicted octanol–water partition coefficient (Wildman–Crippen LogP) is 4.10. The first-order chi connectivity index (χ1) is 9.80. The summed E-state index contributed by atoms with van der Waals surface area (Å²) in [6.45, 7) is 18.4. The molecule has 1 atom stereocenters. The maximum Gasteiger partial charge on any atom is 0.337 e. The fourth-order valence-corrected chi connectivity index (χ4v) is 23.7. The van der Waals surface area contributed by atoms with Crippen LogP contribution in [0.1, 0.15) is 40.0 Å². The van der Waals surface area contributed by atoms with Gasteiger partial charge in [0.15, 0.2) is 0 Å². The first-order valence-electron chi connectivity index (χ1n) is 8.82. The maximum atomic E-state index is 6.16. The summed E-state index contributed by atoms with van der Waals surface area (Å²) in [6, 6.07) is 2.93. The van der Waals surface area contributed by atoms with Gasteiger partial charge in [0.1, 0.15) is 16.5 Å². The van der Waals surface area contributed by atoms with Gasteiger partial charge in [-0.25, -0.2) is 0 Å². The van der Waals surface area contributed by atoms with Crippen molar-refractivity contribution in [3.63, 3.8) is 0 Å². The smallest absolute Gasteiger partial charge is 0.337 e. The summed E-state index contributed by atoms with van der Waals surface area (Å²) in [7, 11) is -4.14. The van der Waals surface area contributed by atoms with Crippen LogP contribution in [0.4, 0.5) is 0 Å². The zero-order valence-electron chi connectivity index (χ0n) is 15.4. The number of unbranched alkanes of at least 4 members (excludes halogenated alkanes) is 1. The Balaban J connectivity index is 3.03. The first kappa shape index (κ1) is 19.6. The van der Waals surface area contributed by atoms with Crippen LogP contribution >= 0.6 is 0 Å². The molecule has 0 aromatic rings. The molecule has 1 aliphatic heterocycles. The maximum absolute atomic E-state index is 6.16. The van der Waals surface area contributed by atoms with Crippen molar-refractivity contribution in [1.29, 1.82) is 0 Å². The fourth-order valence-electron chi connectivity index (χ4n) is 3.97. The quantitative estimate of drug-likeness (QED) is 0.586. The average molecular weight is 348 g/mol. The van der Waals surface area contributed by atoms with Gasteiger partial charge in [0, 0.05) is 18.9 Å². The highest BCUT2D eigenvalue weighted by molar-refractivity contribution is 6.96. The van der Waals surface area contributed by atoms with Crippen molar-refractivity contribution in [2.75, 3.05) is 13.2 Å². The standard InChI is InChI=1S/C15H37NO2Si3/c1-8-11-12-15(19(17-9-2)18-10-3)16-20(4,5)13-14-21(16,6)7/h15,19H,8-14H2,1-7H3. The van der Waals surface area contributed by atoms with Crippen LogP contribution < -0.4 is 0 Å². The van der Waals surface area contributed by atoms with Crippen LogP contribution in [0.2, 0.25) is 38.3 Å². The van der Waals surface area contributed by atoms with Gasteiger partial charge in [-0.05, 0) is 32.4 Å². The molecule has 1 aliphatic rings. The number of rotatable bonds is 9. The Morgan fingerprint density at radius 3 is 1.81 bits per heavy atom. The molecule has 0 aromatic heterocycles. The molecule has 0 bridgehead atoms. The van der Waals surface area contributed by atoms with E-state index in [1.165, 1.54) is 31.4 Å². The monoisotopic (exact) mass is 347 g/mol. The minimum atomic E-state index is -1.60. The van der Waals surface area contributed by atoms with Crippen molar-refractivity contribution >= 4 is 25.8 Å². The molecule has 3 nitrogen and oxygen atoms in total. The lowest BCUT2D eigenvalue weighted by molar-refractivity contribution is 0.190. The molecule has 0 aliphatic carbocycles. The summed E-state index contributed by atoms with van der Waals surface area (Å²) < 4.78 is 15.3. The van der Waals surface area contributed by atoms with E-state index in [1.54, 1.807) is 0 Å². The number of hydrogen-bond donors (Lipinski definition) is 0. The van der Waals surface area contributed by atoms with Gasteiger partial charge in [-0.2, -0.15) is 0 Å². The zero-order valence-corrected chi connectivity index (χ0v) is 18.5. The van der Waals surface area contributed by atoms with E-state index >= 15 is 0 Å². The molecule has 1 heterocycles. The largest absolute Gasteiger partial charge is 0.396 e. The molecule has 0 aromatic carbocycles. The summed E-state index contributed by atoms with van der Waals surface area (Å²) in [5.74, 6) is 0. The average Bonchev–Trinajstić information content (AvgIpc) is 2.61. The van der Waals surface area contributed by atoms with E-state index in [9.17, 15) is 0 Å². The Hall–Kier alpha value is 0.531. The Bertz CT molecular complexity index is 291. The van der Waals surface area contributed by atoms with Crippen LogP contribution in [0.5, 0.6) is 0 Å². The SMILES string of the molecule is CCCCC(N1[Si](C)(C)CC[Si]1(C)C)[SiH](OCC)OCC. The van der Waals surface area contributed by atoms with Crippen molar-refractivity contribution in [1.82, 2.24) is 4.23 Å². The third-order valence-corrected chi connectivity index (χ3v) is 18.3. The van der Waals surface area contributed by atoms with Gasteiger partial charge < -0.3 is 13.1 Å². The van der Waals surface area contributed by atoms with E-state index in [0.29, 0.717) is 5.67 Å². The van der Waals surface area contributed by atoms with Gasteiger partial charge in [-0.3, -0.25) is 0 Å². The lowest BCUT2D eigenvalue weighted by Gasteiger charge is -2.46. The Morgan fingerprint density at radius 1 is 0.952 bits per heavy atom. The lowest BCUT2D eigenvalue weighted by atomic mass is 10.2. The number of hydrogen-bond acceptors (Lipinski definition) is 3. The second-order valence-electron chi connectivity index (χ2n) is 7.48. The van der Waals surface area contributed by atoms with Crippen LogP contribution in [-0.2, 0) is 8.85 Å². The van der Waals surface area contributed by atoms with Gasteiger partial charge in [0.2, 0.25) is 0 Å². The predicted molar refractivity (Wildman–Crippen MR) is 100 cm³/mol. The Kier molecular flexibility index (Phi) is 7.83. The van der Waals surface area contributed by atoms with Gasteiger partial charge >= 0.3 is 9.28 Å². The highest BCUT2D eigenvalue weighted by Gasteiger charge is 2.52. The van der Waals surface area contributed by atoms with Crippen LogP contribution in [0.3, 0.4) is 0 Å². The Morgan fingerprint density at radius 2 is 1.43 bits per heavy atom. The summed E-state index contributed by atoms with van der Waals surface area (Å²) in [5.41, 5.74) is 0.607. The molecular weight excluding hydrogens is 310 g/mol. The Labute approximate surface area is 136 Å². The molecule has 0 amide bonds. The van der Waals surface area contributed by atoms with E-state index in [-0.39, 0.29) is 0 Å². The normalized spacial score (nSPS) is 22.9. The van der Waals surface area contributed by atoms with Gasteiger partial charge in [-0.1, -0.05) is 46.0 Å². The summed E-state index contributed by atoms with van der Waals surface area (Å²) in [4.78, 5) is 0. The van der Waals surface area contributed by atoms with Crippen molar-refractivity contribution in [2.24, 2.45) is 0 Å². The molecule has 0 radical (unpaired) electrons. The second-order valence-corrected chi connectivity index (χ2v) is 19.3. The molecule has 1 fully saturated rings. The van der Waals surface area contributed by atoms with Crippen LogP contribution in [0.15, 0.2) is 0 Å². The van der Waals surface area contributed by atoms with E-state index in [2.05, 4.69) is 51.2 Å². The molecule has 6 heteroatoms. The second kappa shape index (κ2) is 8.40. The summed E-state index contributed by atoms with van der Waals surface area (Å²) in [6.07, 6.45) is 3.85. The van der Waals surface area contributed by atoms with Crippen molar-refractivity contribution in [3.8, 4) is 0 Å². The third kappa shape index (κ3) is 5.01. The fraction of sp³-hybridized carbons (Fsp3) is 1.00. The van der Waals surface area contributed by atoms with Gasteiger partial charge in [-0.15, -0.1) is 0 Å². The molecule has 21 heavy (non-hydrogen) atoms. The summed E-state index contributed by atoms with van der Waals surface area (Å²) in [5, 5.41) is 0. The molecule has 0 saturated carbocycles. The topological polar surface area (TPSA) is 21.7 Å². The van der Waals surface area contributed by atoms with Crippen LogP contribution in [0.25, 0.3) is 0 Å². The van der Waals surface area contributed by atoms with E-state index in [1.807, 2.05) is 0 Å². The molecule has 126 valence electrons. The van der Waals surface area contributed by atoms with Crippen molar-refractivity contribution in [3.05, 3.63) is 0 Å². The number of nitrogens with zero attached hydrogens (tertiary/aromatic N) is 1.